The van der Waals surface area contributed by atoms with E-state index in [1.165, 1.54) is 0 Å². The Morgan fingerprint density at radius 1 is 1.00 bits per heavy atom. The predicted octanol–water partition coefficient (Wildman–Crippen LogP) is 5.64. The highest BCUT2D eigenvalue weighted by molar-refractivity contribution is 9.10. The monoisotopic (exact) mass is 362 g/mol. The standard InChI is InChI=1S/C13H6BrCl3O/c14-9-5-4-7(6-11(9)16)13(18)8-2-1-3-10(15)12(8)17/h1-6H. The molecule has 0 saturated heterocycles. The minimum Gasteiger partial charge on any atom is -0.289 e. The molecule has 0 aromatic heterocycles. The van der Waals surface area contributed by atoms with Crippen molar-refractivity contribution >= 4 is 56.5 Å². The molecule has 0 spiro atoms. The highest BCUT2D eigenvalue weighted by atomic mass is 79.9. The first-order valence-corrected chi connectivity index (χ1v) is 6.87. The highest BCUT2D eigenvalue weighted by Crippen LogP contribution is 2.29. The number of rotatable bonds is 2. The lowest BCUT2D eigenvalue weighted by atomic mass is 10.0. The van der Waals surface area contributed by atoms with Crippen molar-refractivity contribution in [3.8, 4) is 0 Å². The normalized spacial score (nSPS) is 10.4. The largest absolute Gasteiger partial charge is 0.289 e. The lowest BCUT2D eigenvalue weighted by Crippen LogP contribution is -2.02. The molecule has 0 bridgehead atoms. The molecule has 2 rings (SSSR count). The fraction of sp³-hybridized carbons (Fsp3) is 0. The van der Waals surface area contributed by atoms with E-state index in [-0.39, 0.29) is 10.8 Å². The fourth-order valence-electron chi connectivity index (χ4n) is 1.47. The third kappa shape index (κ3) is 2.72. The maximum atomic E-state index is 12.3. The van der Waals surface area contributed by atoms with Gasteiger partial charge in [-0.15, -0.1) is 0 Å². The molecule has 0 amide bonds. The van der Waals surface area contributed by atoms with Crippen LogP contribution < -0.4 is 0 Å². The molecule has 0 heterocycles. The van der Waals surface area contributed by atoms with Crippen molar-refractivity contribution < 1.29 is 4.79 Å². The van der Waals surface area contributed by atoms with E-state index < -0.39 is 0 Å². The van der Waals surface area contributed by atoms with Gasteiger partial charge in [0.25, 0.3) is 0 Å². The number of benzene rings is 2. The molecule has 5 heteroatoms. The topological polar surface area (TPSA) is 17.1 Å². The third-order valence-electron chi connectivity index (χ3n) is 2.38. The zero-order valence-electron chi connectivity index (χ0n) is 8.88. The van der Waals surface area contributed by atoms with Crippen LogP contribution in [0.1, 0.15) is 15.9 Å². The van der Waals surface area contributed by atoms with Crippen LogP contribution in [-0.2, 0) is 0 Å². The molecule has 0 atom stereocenters. The molecule has 0 N–H and O–H groups in total. The number of hydrogen-bond acceptors (Lipinski definition) is 1. The Balaban J connectivity index is 2.48. The molecule has 18 heavy (non-hydrogen) atoms. The summed E-state index contributed by atoms with van der Waals surface area (Å²) in [6, 6.07) is 9.93. The number of hydrogen-bond donors (Lipinski definition) is 0. The van der Waals surface area contributed by atoms with E-state index in [1.807, 2.05) is 0 Å². The number of carbonyl (C=O) groups is 1. The van der Waals surface area contributed by atoms with Crippen LogP contribution in [0.3, 0.4) is 0 Å². The number of carbonyl (C=O) groups excluding carboxylic acids is 1. The summed E-state index contributed by atoms with van der Waals surface area (Å²) in [6.07, 6.45) is 0. The summed E-state index contributed by atoms with van der Waals surface area (Å²) in [6.45, 7) is 0. The van der Waals surface area contributed by atoms with E-state index in [0.717, 1.165) is 4.47 Å². The lowest BCUT2D eigenvalue weighted by Gasteiger charge is -2.06. The molecule has 0 aliphatic carbocycles. The van der Waals surface area contributed by atoms with Gasteiger partial charge < -0.3 is 0 Å². The van der Waals surface area contributed by atoms with Gasteiger partial charge in [-0.1, -0.05) is 40.9 Å². The summed E-state index contributed by atoms with van der Waals surface area (Å²) >= 11 is 21.1. The van der Waals surface area contributed by atoms with E-state index in [9.17, 15) is 4.79 Å². The van der Waals surface area contributed by atoms with Crippen LogP contribution in [0.25, 0.3) is 0 Å². The molecule has 2 aromatic rings. The molecule has 0 aliphatic rings. The maximum absolute atomic E-state index is 12.3. The van der Waals surface area contributed by atoms with E-state index in [1.54, 1.807) is 36.4 Å². The highest BCUT2D eigenvalue weighted by Gasteiger charge is 2.15. The van der Waals surface area contributed by atoms with Gasteiger partial charge >= 0.3 is 0 Å². The summed E-state index contributed by atoms with van der Waals surface area (Å²) in [4.78, 5) is 12.3. The van der Waals surface area contributed by atoms with Crippen LogP contribution in [0.5, 0.6) is 0 Å². The van der Waals surface area contributed by atoms with Gasteiger partial charge in [-0.25, -0.2) is 0 Å². The van der Waals surface area contributed by atoms with Crippen LogP contribution in [0, 0.1) is 0 Å². The lowest BCUT2D eigenvalue weighted by molar-refractivity contribution is 0.103. The van der Waals surface area contributed by atoms with Crippen LogP contribution >= 0.6 is 50.7 Å². The number of halogens is 4. The maximum Gasteiger partial charge on any atom is 0.194 e. The van der Waals surface area contributed by atoms with Crippen molar-refractivity contribution in [3.05, 3.63) is 67.1 Å². The molecule has 0 radical (unpaired) electrons. The van der Waals surface area contributed by atoms with Crippen molar-refractivity contribution in [1.29, 1.82) is 0 Å². The van der Waals surface area contributed by atoms with Crippen molar-refractivity contribution in [3.63, 3.8) is 0 Å². The first kappa shape index (κ1) is 13.9. The summed E-state index contributed by atoms with van der Waals surface area (Å²) < 4.78 is 0.734. The van der Waals surface area contributed by atoms with E-state index in [0.29, 0.717) is 21.2 Å². The van der Waals surface area contributed by atoms with E-state index in [2.05, 4.69) is 15.9 Å². The smallest absolute Gasteiger partial charge is 0.194 e. The zero-order chi connectivity index (χ0) is 13.3. The molecule has 92 valence electrons. The van der Waals surface area contributed by atoms with Gasteiger partial charge in [0.2, 0.25) is 0 Å². The zero-order valence-corrected chi connectivity index (χ0v) is 12.7. The van der Waals surface area contributed by atoms with Crippen LogP contribution in [0.15, 0.2) is 40.9 Å². The first-order chi connectivity index (χ1) is 8.50. The Labute approximate surface area is 128 Å². The molecule has 1 nitrogen and oxygen atoms in total. The molecule has 0 saturated carbocycles. The van der Waals surface area contributed by atoms with Gasteiger partial charge in [-0.2, -0.15) is 0 Å². The SMILES string of the molecule is O=C(c1ccc(Br)c(Cl)c1)c1cccc(Cl)c1Cl. The molecular formula is C13H6BrCl3O. The Hall–Kier alpha value is -0.540. The molecule has 0 unspecified atom stereocenters. The Kier molecular flexibility index (Phi) is 4.33. The third-order valence-corrected chi connectivity index (χ3v) is 4.43. The summed E-state index contributed by atoms with van der Waals surface area (Å²) in [5.74, 6) is -0.211. The average Bonchev–Trinajstić information content (AvgIpc) is 2.35. The van der Waals surface area contributed by atoms with Gasteiger partial charge in [0.15, 0.2) is 5.78 Å². The Bertz CT molecular complexity index is 626. The average molecular weight is 364 g/mol. The fourth-order valence-corrected chi connectivity index (χ4v) is 2.29. The minimum absolute atomic E-state index is 0.211. The summed E-state index contributed by atoms with van der Waals surface area (Å²) in [5, 5.41) is 1.08. The summed E-state index contributed by atoms with van der Waals surface area (Å²) in [7, 11) is 0. The van der Waals surface area contributed by atoms with Gasteiger partial charge in [0.05, 0.1) is 15.1 Å². The van der Waals surface area contributed by atoms with Crippen molar-refractivity contribution in [1.82, 2.24) is 0 Å². The van der Waals surface area contributed by atoms with Crippen LogP contribution in [0.2, 0.25) is 15.1 Å². The minimum atomic E-state index is -0.211. The quantitative estimate of drug-likeness (QED) is 0.630. The van der Waals surface area contributed by atoms with Gasteiger partial charge in [0.1, 0.15) is 0 Å². The van der Waals surface area contributed by atoms with Crippen LogP contribution in [-0.4, -0.2) is 5.78 Å². The molecule has 0 fully saturated rings. The van der Waals surface area contributed by atoms with Gasteiger partial charge in [-0.3, -0.25) is 4.79 Å². The van der Waals surface area contributed by atoms with Crippen LogP contribution in [0.4, 0.5) is 0 Å². The Morgan fingerprint density at radius 2 is 1.72 bits per heavy atom. The molecule has 0 aliphatic heterocycles. The predicted molar refractivity (Wildman–Crippen MR) is 79.0 cm³/mol. The second-order valence-electron chi connectivity index (χ2n) is 3.56. The van der Waals surface area contributed by atoms with Gasteiger partial charge in [0, 0.05) is 15.6 Å². The van der Waals surface area contributed by atoms with Gasteiger partial charge in [-0.05, 0) is 46.3 Å². The Morgan fingerprint density at radius 3 is 2.39 bits per heavy atom. The second-order valence-corrected chi connectivity index (χ2v) is 5.61. The molecule has 2 aromatic carbocycles. The first-order valence-electron chi connectivity index (χ1n) is 4.94. The number of ketones is 1. The van der Waals surface area contributed by atoms with Crippen molar-refractivity contribution in [2.24, 2.45) is 0 Å². The molecular weight excluding hydrogens is 358 g/mol. The van der Waals surface area contributed by atoms with Crippen molar-refractivity contribution in [2.75, 3.05) is 0 Å². The second kappa shape index (κ2) is 5.62. The van der Waals surface area contributed by atoms with E-state index >= 15 is 0 Å². The van der Waals surface area contributed by atoms with E-state index in [4.69, 9.17) is 34.8 Å². The summed E-state index contributed by atoms with van der Waals surface area (Å²) in [5.41, 5.74) is 0.829. The van der Waals surface area contributed by atoms with Crippen molar-refractivity contribution in [2.45, 2.75) is 0 Å².